The average Bonchev–Trinajstić information content (AvgIpc) is 2.97. The van der Waals surface area contributed by atoms with Crippen LogP contribution in [-0.4, -0.2) is 58.9 Å². The van der Waals surface area contributed by atoms with Crippen LogP contribution in [0.4, 0.5) is 32.0 Å². The van der Waals surface area contributed by atoms with E-state index in [9.17, 15) is 35.9 Å². The summed E-state index contributed by atoms with van der Waals surface area (Å²) < 4.78 is 63.5. The number of benzene rings is 3. The first-order valence-electron chi connectivity index (χ1n) is 13.6. The summed E-state index contributed by atoms with van der Waals surface area (Å²) in [6.45, 7) is 4.44. The molecule has 2 amide bonds. The van der Waals surface area contributed by atoms with E-state index in [-0.39, 0.29) is 17.9 Å². The SMILES string of the molecule is Cc1ccc(NC(=O)[C@@H](N)CCCCN)cc1C(=O)N[C@H](C)c1cccc2ccccc12.O=C(O)C(F)(F)F.O=C(O)C(F)(F)F. The van der Waals surface area contributed by atoms with Gasteiger partial charge < -0.3 is 32.3 Å². The zero-order chi connectivity index (χ0) is 35.2. The Hall–Kier alpha value is -4.70. The maximum Gasteiger partial charge on any atom is 0.490 e. The molecule has 0 aliphatic heterocycles. The average molecular weight is 661 g/mol. The lowest BCUT2D eigenvalue weighted by molar-refractivity contribution is -0.193. The second-order valence-corrected chi connectivity index (χ2v) is 9.78. The summed E-state index contributed by atoms with van der Waals surface area (Å²) in [5.41, 5.74) is 14.4. The van der Waals surface area contributed by atoms with Crippen molar-refractivity contribution in [3.05, 3.63) is 77.4 Å². The number of halogens is 6. The van der Waals surface area contributed by atoms with E-state index in [2.05, 4.69) is 28.8 Å². The molecule has 3 aromatic carbocycles. The molecule has 46 heavy (non-hydrogen) atoms. The first kappa shape index (κ1) is 39.3. The number of nitrogens with one attached hydrogen (secondary N) is 2. The number of hydrogen-bond acceptors (Lipinski definition) is 6. The predicted octanol–water partition coefficient (Wildman–Crippen LogP) is 5.30. The largest absolute Gasteiger partial charge is 0.490 e. The van der Waals surface area contributed by atoms with Crippen molar-refractivity contribution in [3.63, 3.8) is 0 Å². The minimum absolute atomic E-state index is 0.179. The fourth-order valence-electron chi connectivity index (χ4n) is 3.80. The first-order valence-corrected chi connectivity index (χ1v) is 13.6. The van der Waals surface area contributed by atoms with Gasteiger partial charge in [-0.3, -0.25) is 9.59 Å². The van der Waals surface area contributed by atoms with Crippen LogP contribution in [-0.2, 0) is 14.4 Å². The quantitative estimate of drug-likeness (QED) is 0.132. The molecule has 0 saturated heterocycles. The molecule has 0 bridgehead atoms. The van der Waals surface area contributed by atoms with E-state index < -0.39 is 30.3 Å². The Morgan fingerprint density at radius 1 is 0.848 bits per heavy atom. The highest BCUT2D eigenvalue weighted by atomic mass is 19.4. The van der Waals surface area contributed by atoms with Crippen LogP contribution in [0.5, 0.6) is 0 Å². The molecule has 8 N–H and O–H groups in total. The third kappa shape index (κ3) is 13.1. The fourth-order valence-corrected chi connectivity index (χ4v) is 3.80. The van der Waals surface area contributed by atoms with E-state index in [1.54, 1.807) is 12.1 Å². The normalized spacial score (nSPS) is 12.4. The summed E-state index contributed by atoms with van der Waals surface area (Å²) in [7, 11) is 0. The number of nitrogens with two attached hydrogens (primary N) is 2. The number of carbonyl (C=O) groups is 4. The van der Waals surface area contributed by atoms with Crippen molar-refractivity contribution in [1.82, 2.24) is 5.32 Å². The molecule has 0 aliphatic carbocycles. The van der Waals surface area contributed by atoms with E-state index in [1.807, 2.05) is 44.2 Å². The van der Waals surface area contributed by atoms with Gasteiger partial charge in [0.05, 0.1) is 12.1 Å². The van der Waals surface area contributed by atoms with Gasteiger partial charge in [-0.05, 0) is 67.3 Å². The maximum atomic E-state index is 13.1. The van der Waals surface area contributed by atoms with Crippen LogP contribution >= 0.6 is 0 Å². The highest BCUT2D eigenvalue weighted by molar-refractivity contribution is 6.00. The van der Waals surface area contributed by atoms with Gasteiger partial charge in [0.1, 0.15) is 0 Å². The molecule has 2 atom stereocenters. The van der Waals surface area contributed by atoms with E-state index in [0.717, 1.165) is 34.7 Å². The number of carbonyl (C=O) groups excluding carboxylic acids is 2. The Bertz CT molecular complexity index is 1470. The van der Waals surface area contributed by atoms with E-state index in [0.29, 0.717) is 24.2 Å². The van der Waals surface area contributed by atoms with Crippen LogP contribution in [0.2, 0.25) is 0 Å². The molecule has 3 aromatic rings. The van der Waals surface area contributed by atoms with Crippen molar-refractivity contribution >= 4 is 40.2 Å². The van der Waals surface area contributed by atoms with Crippen LogP contribution in [0.1, 0.15) is 53.7 Å². The number of aliphatic carboxylic acids is 2. The van der Waals surface area contributed by atoms with Gasteiger partial charge in [0.2, 0.25) is 5.91 Å². The van der Waals surface area contributed by atoms with Crippen LogP contribution in [0, 0.1) is 6.92 Å². The van der Waals surface area contributed by atoms with Crippen molar-refractivity contribution in [2.45, 2.75) is 57.5 Å². The smallest absolute Gasteiger partial charge is 0.475 e. The van der Waals surface area contributed by atoms with Gasteiger partial charge in [-0.1, -0.05) is 55.0 Å². The second-order valence-electron chi connectivity index (χ2n) is 9.78. The maximum absolute atomic E-state index is 13.1. The first-order chi connectivity index (χ1) is 21.3. The molecular formula is C30H34F6N4O6. The Morgan fingerprint density at radius 3 is 1.93 bits per heavy atom. The summed E-state index contributed by atoms with van der Waals surface area (Å²) >= 11 is 0. The molecule has 0 saturated carbocycles. The summed E-state index contributed by atoms with van der Waals surface area (Å²) in [5.74, 6) is -5.97. The number of aryl methyl sites for hydroxylation is 1. The van der Waals surface area contributed by atoms with Crippen molar-refractivity contribution < 1.29 is 55.7 Å². The molecular weight excluding hydrogens is 626 g/mol. The Labute approximate surface area is 259 Å². The molecule has 3 rings (SSSR count). The van der Waals surface area contributed by atoms with Crippen LogP contribution < -0.4 is 22.1 Å². The molecule has 0 aliphatic rings. The van der Waals surface area contributed by atoms with Gasteiger partial charge >= 0.3 is 24.3 Å². The van der Waals surface area contributed by atoms with Gasteiger partial charge in [0.15, 0.2) is 0 Å². The van der Waals surface area contributed by atoms with Gasteiger partial charge in [-0.15, -0.1) is 0 Å². The van der Waals surface area contributed by atoms with Crippen LogP contribution in [0.3, 0.4) is 0 Å². The Morgan fingerprint density at radius 2 is 1.39 bits per heavy atom. The number of alkyl halides is 6. The number of anilines is 1. The van der Waals surface area contributed by atoms with Crippen molar-refractivity contribution in [3.8, 4) is 0 Å². The minimum Gasteiger partial charge on any atom is -0.475 e. The zero-order valence-electron chi connectivity index (χ0n) is 24.7. The van der Waals surface area contributed by atoms with E-state index >= 15 is 0 Å². The molecule has 0 fully saturated rings. The molecule has 0 unspecified atom stereocenters. The highest BCUT2D eigenvalue weighted by Crippen LogP contribution is 2.25. The molecule has 0 spiro atoms. The van der Waals surface area contributed by atoms with Gasteiger partial charge in [-0.25, -0.2) is 9.59 Å². The lowest BCUT2D eigenvalue weighted by Crippen LogP contribution is -2.35. The second kappa shape index (κ2) is 17.7. The third-order valence-electron chi connectivity index (χ3n) is 6.18. The molecule has 252 valence electrons. The van der Waals surface area contributed by atoms with Crippen LogP contribution in [0.15, 0.2) is 60.7 Å². The minimum atomic E-state index is -5.08. The number of hydrogen-bond donors (Lipinski definition) is 6. The van der Waals surface area contributed by atoms with Crippen molar-refractivity contribution in [2.75, 3.05) is 11.9 Å². The van der Waals surface area contributed by atoms with E-state index in [1.165, 1.54) is 0 Å². The number of rotatable bonds is 9. The highest BCUT2D eigenvalue weighted by Gasteiger charge is 2.38. The molecule has 0 radical (unpaired) electrons. The fraction of sp³-hybridized carbons (Fsp3) is 0.333. The standard InChI is InChI=1S/C26H32N4O2.2C2HF3O2/c1-17-13-14-20(30-26(32)24(28)12-5-6-15-27)16-23(17)25(31)29-18(2)21-11-7-9-19-8-3-4-10-22(19)21;2*3-2(4,5)1(6)7/h3-4,7-11,13-14,16,18,24H,5-6,12,15,27-28H2,1-2H3,(H,29,31)(H,30,32);2*(H,6,7)/t18-,24+;;/m1../s1. The lowest BCUT2D eigenvalue weighted by atomic mass is 9.99. The van der Waals surface area contributed by atoms with E-state index in [4.69, 9.17) is 31.3 Å². The number of amides is 2. The number of carboxylic acid groups (broad SMARTS) is 2. The van der Waals surface area contributed by atoms with Crippen LogP contribution in [0.25, 0.3) is 10.8 Å². The van der Waals surface area contributed by atoms with Gasteiger partial charge in [-0.2, -0.15) is 26.3 Å². The lowest BCUT2D eigenvalue weighted by Gasteiger charge is -2.18. The Kier molecular flexibility index (Phi) is 15.1. The monoisotopic (exact) mass is 660 g/mol. The summed E-state index contributed by atoms with van der Waals surface area (Å²) in [4.78, 5) is 43.3. The van der Waals surface area contributed by atoms with Gasteiger partial charge in [0.25, 0.3) is 5.91 Å². The summed E-state index contributed by atoms with van der Waals surface area (Å²) in [6.07, 6.45) is -7.95. The summed E-state index contributed by atoms with van der Waals surface area (Å²) in [6, 6.07) is 18.7. The molecule has 0 aromatic heterocycles. The Balaban J connectivity index is 0.000000629. The predicted molar refractivity (Wildman–Crippen MR) is 158 cm³/mol. The number of fused-ring (bicyclic) bond motifs is 1. The third-order valence-corrected chi connectivity index (χ3v) is 6.18. The topological polar surface area (TPSA) is 185 Å². The molecule has 0 heterocycles. The number of carboxylic acids is 2. The van der Waals surface area contributed by atoms with Crippen molar-refractivity contribution in [2.24, 2.45) is 11.5 Å². The molecule has 10 nitrogen and oxygen atoms in total. The molecule has 16 heteroatoms. The summed E-state index contributed by atoms with van der Waals surface area (Å²) in [5, 5.41) is 22.4. The zero-order valence-corrected chi connectivity index (χ0v) is 24.7. The number of unbranched alkanes of at least 4 members (excludes halogenated alkanes) is 1. The van der Waals surface area contributed by atoms with Crippen molar-refractivity contribution in [1.29, 1.82) is 0 Å². The van der Waals surface area contributed by atoms with Gasteiger partial charge in [0, 0.05) is 11.3 Å².